The van der Waals surface area contributed by atoms with E-state index in [-0.39, 0.29) is 30.1 Å². The zero-order valence-electron chi connectivity index (χ0n) is 17.6. The minimum atomic E-state index is -0.504. The summed E-state index contributed by atoms with van der Waals surface area (Å²) in [5, 5.41) is 11.4. The van der Waals surface area contributed by atoms with Crippen molar-refractivity contribution in [3.05, 3.63) is 39.4 Å². The summed E-state index contributed by atoms with van der Waals surface area (Å²) in [6.45, 7) is 3.34. The Kier molecular flexibility index (Phi) is 4.35. The van der Waals surface area contributed by atoms with Crippen LogP contribution >= 0.6 is 0 Å². The van der Waals surface area contributed by atoms with Crippen LogP contribution in [0.5, 0.6) is 0 Å². The molecule has 5 aliphatic heterocycles. The number of hydrogen-bond donors (Lipinski definition) is 0. The van der Waals surface area contributed by atoms with Crippen LogP contribution in [0.15, 0.2) is 18.2 Å². The molecule has 0 bridgehead atoms. The van der Waals surface area contributed by atoms with Gasteiger partial charge in [-0.05, 0) is 69.5 Å². The Morgan fingerprint density at radius 1 is 1.00 bits per heavy atom. The molecule has 5 aliphatic rings. The summed E-state index contributed by atoms with van der Waals surface area (Å²) in [4.78, 5) is 44.2. The molecule has 5 atom stereocenters. The Hall–Kier alpha value is -2.48. The SMILES string of the molecule is O=C1c2cccc([N+](=O)[O-])c2CN1C1CC[C@@H]2[C@H]3CCCN4CCC[C@@H](CN2C1=O)[C@@H]34. The first-order valence-electron chi connectivity index (χ1n) is 11.7. The van der Waals surface area contributed by atoms with E-state index >= 15 is 0 Å². The normalized spacial score (nSPS) is 34.9. The van der Waals surface area contributed by atoms with Gasteiger partial charge in [0.2, 0.25) is 5.91 Å². The van der Waals surface area contributed by atoms with Crippen molar-refractivity contribution in [1.29, 1.82) is 0 Å². The van der Waals surface area contributed by atoms with Crippen molar-refractivity contribution < 1.29 is 14.5 Å². The number of carbonyl (C=O) groups is 2. The van der Waals surface area contributed by atoms with Gasteiger partial charge >= 0.3 is 0 Å². The van der Waals surface area contributed by atoms with Crippen LogP contribution in [0.1, 0.15) is 54.4 Å². The minimum Gasteiger partial charge on any atom is -0.337 e. The zero-order chi connectivity index (χ0) is 21.3. The third kappa shape index (κ3) is 2.76. The van der Waals surface area contributed by atoms with Gasteiger partial charge in [-0.3, -0.25) is 24.6 Å². The second-order valence-electron chi connectivity index (χ2n) is 9.88. The number of carbonyl (C=O) groups excluding carboxylic acids is 2. The third-order valence-corrected chi connectivity index (χ3v) is 8.52. The molecule has 1 aromatic carbocycles. The summed E-state index contributed by atoms with van der Waals surface area (Å²) < 4.78 is 0. The van der Waals surface area contributed by atoms with Crippen LogP contribution in [-0.4, -0.2) is 69.2 Å². The molecule has 0 spiro atoms. The summed E-state index contributed by atoms with van der Waals surface area (Å²) >= 11 is 0. The van der Waals surface area contributed by atoms with Gasteiger partial charge in [-0.1, -0.05) is 6.07 Å². The molecule has 164 valence electrons. The Balaban J connectivity index is 1.27. The van der Waals surface area contributed by atoms with Crippen molar-refractivity contribution >= 4 is 17.5 Å². The van der Waals surface area contributed by atoms with Crippen molar-refractivity contribution in [3.63, 3.8) is 0 Å². The maximum absolute atomic E-state index is 13.7. The van der Waals surface area contributed by atoms with Gasteiger partial charge in [-0.15, -0.1) is 0 Å². The molecule has 5 heterocycles. The summed E-state index contributed by atoms with van der Waals surface area (Å²) in [5.41, 5.74) is 0.791. The molecular formula is C23H28N4O4. The molecule has 4 saturated heterocycles. The molecule has 1 aromatic rings. The van der Waals surface area contributed by atoms with Crippen molar-refractivity contribution in [3.8, 4) is 0 Å². The molecule has 8 nitrogen and oxygen atoms in total. The number of nitro groups is 1. The molecule has 31 heavy (non-hydrogen) atoms. The predicted molar refractivity (Wildman–Crippen MR) is 112 cm³/mol. The summed E-state index contributed by atoms with van der Waals surface area (Å²) in [6, 6.07) is 5.03. The maximum atomic E-state index is 13.7. The van der Waals surface area contributed by atoms with E-state index in [2.05, 4.69) is 9.80 Å². The van der Waals surface area contributed by atoms with Gasteiger partial charge in [0.15, 0.2) is 0 Å². The molecule has 0 radical (unpaired) electrons. The molecule has 8 heteroatoms. The van der Waals surface area contributed by atoms with Crippen LogP contribution < -0.4 is 0 Å². The Bertz CT molecular complexity index is 963. The molecule has 0 N–H and O–H groups in total. The first kappa shape index (κ1) is 19.2. The second-order valence-corrected chi connectivity index (χ2v) is 9.88. The number of piperidine rings is 4. The van der Waals surface area contributed by atoms with Gasteiger partial charge in [0, 0.05) is 24.7 Å². The number of hydrogen-bond acceptors (Lipinski definition) is 5. The minimum absolute atomic E-state index is 0.0280. The van der Waals surface area contributed by atoms with E-state index in [0.717, 1.165) is 13.0 Å². The second kappa shape index (κ2) is 7.02. The molecule has 0 aliphatic carbocycles. The summed E-state index contributed by atoms with van der Waals surface area (Å²) in [5.74, 6) is 0.893. The summed E-state index contributed by atoms with van der Waals surface area (Å²) in [7, 11) is 0. The average molecular weight is 425 g/mol. The van der Waals surface area contributed by atoms with Gasteiger partial charge < -0.3 is 9.80 Å². The maximum Gasteiger partial charge on any atom is 0.275 e. The van der Waals surface area contributed by atoms with Crippen molar-refractivity contribution in [2.75, 3.05) is 19.6 Å². The van der Waals surface area contributed by atoms with E-state index in [1.807, 2.05) is 0 Å². The number of nitrogens with zero attached hydrogens (tertiary/aromatic N) is 4. The highest BCUT2D eigenvalue weighted by molar-refractivity contribution is 6.02. The molecular weight excluding hydrogens is 396 g/mol. The molecule has 4 fully saturated rings. The lowest BCUT2D eigenvalue weighted by molar-refractivity contribution is -0.385. The number of benzene rings is 1. The van der Waals surface area contributed by atoms with Crippen molar-refractivity contribution in [2.24, 2.45) is 11.8 Å². The zero-order valence-corrected chi connectivity index (χ0v) is 17.6. The Labute approximate surface area is 181 Å². The van der Waals surface area contributed by atoms with Crippen LogP contribution in [-0.2, 0) is 11.3 Å². The lowest BCUT2D eigenvalue weighted by atomic mass is 9.67. The molecule has 0 saturated carbocycles. The fourth-order valence-corrected chi connectivity index (χ4v) is 7.31. The molecule has 0 aromatic heterocycles. The summed E-state index contributed by atoms with van der Waals surface area (Å²) in [6.07, 6.45) is 6.35. The fourth-order valence-electron chi connectivity index (χ4n) is 7.31. The molecule has 1 unspecified atom stereocenters. The van der Waals surface area contributed by atoms with E-state index in [9.17, 15) is 19.7 Å². The third-order valence-electron chi connectivity index (χ3n) is 8.52. The molecule has 6 rings (SSSR count). The predicted octanol–water partition coefficient (Wildman–Crippen LogP) is 2.41. The van der Waals surface area contributed by atoms with Gasteiger partial charge in [-0.2, -0.15) is 0 Å². The van der Waals surface area contributed by atoms with E-state index in [0.29, 0.717) is 35.4 Å². The quantitative estimate of drug-likeness (QED) is 0.538. The highest BCUT2D eigenvalue weighted by Gasteiger charge is 2.53. The Morgan fingerprint density at radius 2 is 1.81 bits per heavy atom. The van der Waals surface area contributed by atoms with E-state index in [1.165, 1.54) is 44.8 Å². The van der Waals surface area contributed by atoms with Crippen LogP contribution in [0, 0.1) is 22.0 Å². The van der Waals surface area contributed by atoms with Crippen LogP contribution in [0.25, 0.3) is 0 Å². The first-order chi connectivity index (χ1) is 15.0. The van der Waals surface area contributed by atoms with Crippen LogP contribution in [0.4, 0.5) is 5.69 Å². The fraction of sp³-hybridized carbons (Fsp3) is 0.652. The van der Waals surface area contributed by atoms with Crippen LogP contribution in [0.3, 0.4) is 0 Å². The largest absolute Gasteiger partial charge is 0.337 e. The van der Waals surface area contributed by atoms with E-state index < -0.39 is 11.0 Å². The number of rotatable bonds is 2. The number of nitro benzene ring substituents is 1. The smallest absolute Gasteiger partial charge is 0.275 e. The van der Waals surface area contributed by atoms with Gasteiger partial charge in [0.05, 0.1) is 22.6 Å². The van der Waals surface area contributed by atoms with Crippen molar-refractivity contribution in [2.45, 2.75) is 63.2 Å². The van der Waals surface area contributed by atoms with E-state index in [1.54, 1.807) is 17.0 Å². The highest BCUT2D eigenvalue weighted by atomic mass is 16.6. The van der Waals surface area contributed by atoms with Crippen LogP contribution in [0.2, 0.25) is 0 Å². The van der Waals surface area contributed by atoms with E-state index in [4.69, 9.17) is 0 Å². The van der Waals surface area contributed by atoms with Gasteiger partial charge in [0.25, 0.3) is 11.6 Å². The lowest BCUT2D eigenvalue weighted by Crippen LogP contribution is -2.69. The first-order valence-corrected chi connectivity index (χ1v) is 11.7. The van der Waals surface area contributed by atoms with Gasteiger partial charge in [0.1, 0.15) is 6.04 Å². The monoisotopic (exact) mass is 424 g/mol. The van der Waals surface area contributed by atoms with Crippen molar-refractivity contribution in [1.82, 2.24) is 14.7 Å². The lowest BCUT2D eigenvalue weighted by Gasteiger charge is -2.59. The van der Waals surface area contributed by atoms with Gasteiger partial charge in [-0.25, -0.2) is 0 Å². The standard InChI is InChI=1S/C23H28N4O4/c28-22-15-5-1-7-19(27(30)31)17(15)13-26(22)20-9-8-18-16-6-3-11-24-10-2-4-14(21(16)24)12-25(18)23(20)29/h1,5,7,14,16,18,20-21H,2-4,6,8-13H2/t14-,16+,18+,20?,21-/m0/s1. The Morgan fingerprint density at radius 3 is 2.61 bits per heavy atom. The molecule has 2 amide bonds. The number of fused-ring (bicyclic) bond motifs is 3. The topological polar surface area (TPSA) is 87.0 Å². The number of amides is 2. The highest BCUT2D eigenvalue weighted by Crippen LogP contribution is 2.46. The average Bonchev–Trinajstić information content (AvgIpc) is 3.11.